The van der Waals surface area contributed by atoms with Gasteiger partial charge in [0.2, 0.25) is 11.7 Å². The van der Waals surface area contributed by atoms with Crippen molar-refractivity contribution in [3.8, 4) is 17.2 Å². The van der Waals surface area contributed by atoms with Gasteiger partial charge in [0, 0.05) is 35.7 Å². The van der Waals surface area contributed by atoms with Gasteiger partial charge in [0.1, 0.15) is 5.82 Å². The number of carbonyl (C=O) groups is 1. The van der Waals surface area contributed by atoms with Gasteiger partial charge in [-0.1, -0.05) is 6.07 Å². The van der Waals surface area contributed by atoms with Gasteiger partial charge in [-0.15, -0.1) is 0 Å². The minimum absolute atomic E-state index is 0.169. The van der Waals surface area contributed by atoms with E-state index in [1.807, 2.05) is 31.2 Å². The number of nitrogen functional groups attached to an aromatic ring is 2. The summed E-state index contributed by atoms with van der Waals surface area (Å²) in [6, 6.07) is 7.60. The van der Waals surface area contributed by atoms with Crippen LogP contribution in [0.4, 0.5) is 17.5 Å². The molecule has 3 aromatic rings. The Morgan fingerprint density at radius 2 is 1.65 bits per heavy atom. The molecule has 10 heteroatoms. The van der Waals surface area contributed by atoms with Crippen molar-refractivity contribution in [3.63, 3.8) is 0 Å². The summed E-state index contributed by atoms with van der Waals surface area (Å²) in [7, 11) is 4.75. The number of hydrogen-bond acceptors (Lipinski definition) is 10. The van der Waals surface area contributed by atoms with Crippen LogP contribution < -0.4 is 36.1 Å². The van der Waals surface area contributed by atoms with Crippen molar-refractivity contribution >= 4 is 34.3 Å². The molecule has 0 aliphatic carbocycles. The van der Waals surface area contributed by atoms with E-state index in [4.69, 9.17) is 35.6 Å². The number of nitrogens with two attached hydrogens (primary N) is 2. The number of methoxy groups -OCH3 is 3. The number of rotatable bonds is 6. The van der Waals surface area contributed by atoms with Crippen LogP contribution in [0.2, 0.25) is 0 Å². The number of aryl methyl sites for hydroxylation is 1. The van der Waals surface area contributed by atoms with E-state index in [9.17, 15) is 0 Å². The lowest BCUT2D eigenvalue weighted by Gasteiger charge is -2.16. The molecule has 0 aliphatic rings. The fraction of sp³-hybridized carbons (Fsp3) is 0.286. The first-order chi connectivity index (χ1) is 14.7. The number of ether oxygens (including phenoxy) is 3. The van der Waals surface area contributed by atoms with Gasteiger partial charge >= 0.3 is 0 Å². The fourth-order valence-corrected chi connectivity index (χ4v) is 3.06. The zero-order valence-electron chi connectivity index (χ0n) is 18.1. The van der Waals surface area contributed by atoms with Gasteiger partial charge in [-0.3, -0.25) is 0 Å². The summed E-state index contributed by atoms with van der Waals surface area (Å²) in [5, 5.41) is 13.1. The number of carboxylic acid groups (broad SMARTS) is 1. The number of hydrogen-bond donors (Lipinski definition) is 3. The lowest BCUT2D eigenvalue weighted by atomic mass is 10.0. The summed E-state index contributed by atoms with van der Waals surface area (Å²) in [6.07, 6.45) is 0. The Hall–Kier alpha value is -3.95. The topological polar surface area (TPSA) is 158 Å². The molecule has 3 rings (SSSR count). The summed E-state index contributed by atoms with van der Waals surface area (Å²) in [6.45, 7) is 3.54. The Balaban J connectivity index is 0.000000785. The standard InChI is InChI=1S/C19H23N5O3.C2H4O2/c1-10-11(5-6-13-16(10)18(20)24-19(21)23-13)9-22-12-7-14(25-2)17(27-4)15(8-12)26-3;1-2(3)4/h5-8,22H,9H2,1-4H3,(H4,20,21,23,24);1H3,(H,3,4)/p-1. The van der Waals surface area contributed by atoms with Gasteiger partial charge in [-0.2, -0.15) is 4.98 Å². The van der Waals surface area contributed by atoms with Crippen LogP contribution in [0, 0.1) is 6.92 Å². The minimum Gasteiger partial charge on any atom is -0.550 e. The Morgan fingerprint density at radius 1 is 1.06 bits per heavy atom. The highest BCUT2D eigenvalue weighted by molar-refractivity contribution is 5.92. The molecule has 0 unspecified atom stereocenters. The highest BCUT2D eigenvalue weighted by Gasteiger charge is 2.14. The fourth-order valence-electron chi connectivity index (χ4n) is 3.06. The summed E-state index contributed by atoms with van der Waals surface area (Å²) in [5.41, 5.74) is 15.4. The molecule has 0 amide bonds. The molecule has 5 N–H and O–H groups in total. The molecule has 0 bridgehead atoms. The second-order valence-corrected chi connectivity index (χ2v) is 6.47. The first kappa shape index (κ1) is 23.3. The molecule has 0 radical (unpaired) electrons. The van der Waals surface area contributed by atoms with Gasteiger partial charge < -0.3 is 40.9 Å². The van der Waals surface area contributed by atoms with Crippen LogP contribution in [0.25, 0.3) is 10.9 Å². The molecule has 0 aliphatic heterocycles. The van der Waals surface area contributed by atoms with Crippen molar-refractivity contribution in [2.45, 2.75) is 20.4 Å². The van der Waals surface area contributed by atoms with Crippen LogP contribution in [0.3, 0.4) is 0 Å². The Kier molecular flexibility index (Phi) is 7.67. The summed E-state index contributed by atoms with van der Waals surface area (Å²) in [5.74, 6) is 1.19. The molecule has 1 heterocycles. The van der Waals surface area contributed by atoms with E-state index in [0.29, 0.717) is 29.6 Å². The second-order valence-electron chi connectivity index (χ2n) is 6.47. The zero-order valence-corrected chi connectivity index (χ0v) is 18.1. The first-order valence-corrected chi connectivity index (χ1v) is 9.24. The largest absolute Gasteiger partial charge is 0.550 e. The van der Waals surface area contributed by atoms with Gasteiger partial charge in [0.25, 0.3) is 0 Å². The normalized spacial score (nSPS) is 10.1. The molecule has 166 valence electrons. The smallest absolute Gasteiger partial charge is 0.222 e. The monoisotopic (exact) mass is 428 g/mol. The third-order valence-electron chi connectivity index (χ3n) is 4.43. The van der Waals surface area contributed by atoms with E-state index in [1.54, 1.807) is 21.3 Å². The quantitative estimate of drug-likeness (QED) is 0.525. The Morgan fingerprint density at radius 3 is 2.16 bits per heavy atom. The maximum Gasteiger partial charge on any atom is 0.222 e. The molecule has 31 heavy (non-hydrogen) atoms. The summed E-state index contributed by atoms with van der Waals surface area (Å²) in [4.78, 5) is 17.2. The average molecular weight is 428 g/mol. The van der Waals surface area contributed by atoms with E-state index in [1.165, 1.54) is 0 Å². The molecule has 1 aromatic heterocycles. The van der Waals surface area contributed by atoms with Gasteiger partial charge in [-0.25, -0.2) is 4.98 Å². The Labute approximate surface area is 180 Å². The molecule has 0 saturated heterocycles. The number of nitrogens with zero attached hydrogens (tertiary/aromatic N) is 2. The van der Waals surface area contributed by atoms with Gasteiger partial charge in [-0.05, 0) is 31.0 Å². The van der Waals surface area contributed by atoms with E-state index in [-0.39, 0.29) is 5.95 Å². The van der Waals surface area contributed by atoms with E-state index in [2.05, 4.69) is 15.3 Å². The number of benzene rings is 2. The second kappa shape index (κ2) is 10.2. The average Bonchev–Trinajstić information content (AvgIpc) is 2.71. The van der Waals surface area contributed by atoms with Crippen LogP contribution in [-0.2, 0) is 11.3 Å². The summed E-state index contributed by atoms with van der Waals surface area (Å²) < 4.78 is 16.1. The number of carboxylic acids is 1. The van der Waals surface area contributed by atoms with E-state index in [0.717, 1.165) is 34.6 Å². The molecule has 10 nitrogen and oxygen atoms in total. The van der Waals surface area contributed by atoms with Gasteiger partial charge in [0.05, 0.1) is 26.8 Å². The number of aliphatic carboxylic acids is 1. The maximum absolute atomic E-state index is 8.89. The van der Waals surface area contributed by atoms with Crippen molar-refractivity contribution in [2.75, 3.05) is 38.1 Å². The highest BCUT2D eigenvalue weighted by Crippen LogP contribution is 2.40. The van der Waals surface area contributed by atoms with Crippen LogP contribution in [0.15, 0.2) is 24.3 Å². The lowest BCUT2D eigenvalue weighted by molar-refractivity contribution is -0.302. The predicted molar refractivity (Wildman–Crippen MR) is 117 cm³/mol. The molecule has 0 spiro atoms. The maximum atomic E-state index is 8.89. The third-order valence-corrected chi connectivity index (χ3v) is 4.43. The zero-order chi connectivity index (χ0) is 23.1. The van der Waals surface area contributed by atoms with E-state index < -0.39 is 5.97 Å². The number of nitrogens with one attached hydrogen (secondary N) is 1. The van der Waals surface area contributed by atoms with Crippen molar-refractivity contribution in [2.24, 2.45) is 0 Å². The molecule has 0 fully saturated rings. The number of aromatic nitrogens is 2. The highest BCUT2D eigenvalue weighted by atomic mass is 16.5. The van der Waals surface area contributed by atoms with Crippen molar-refractivity contribution in [3.05, 3.63) is 35.4 Å². The molecular formula is C21H26N5O5-. The van der Waals surface area contributed by atoms with Crippen LogP contribution in [0.5, 0.6) is 17.2 Å². The molecular weight excluding hydrogens is 402 g/mol. The molecule has 0 saturated carbocycles. The van der Waals surface area contributed by atoms with Crippen molar-refractivity contribution < 1.29 is 24.1 Å². The van der Waals surface area contributed by atoms with Crippen LogP contribution in [-0.4, -0.2) is 37.3 Å². The number of anilines is 3. The minimum atomic E-state index is -1.08. The third kappa shape index (κ3) is 5.56. The van der Waals surface area contributed by atoms with Crippen LogP contribution >= 0.6 is 0 Å². The molecule has 2 aromatic carbocycles. The first-order valence-electron chi connectivity index (χ1n) is 9.24. The van der Waals surface area contributed by atoms with Crippen LogP contribution in [0.1, 0.15) is 18.1 Å². The lowest BCUT2D eigenvalue weighted by Crippen LogP contribution is -2.16. The summed E-state index contributed by atoms with van der Waals surface area (Å²) >= 11 is 0. The molecule has 0 atom stereocenters. The van der Waals surface area contributed by atoms with Crippen molar-refractivity contribution in [1.29, 1.82) is 0 Å². The van der Waals surface area contributed by atoms with E-state index >= 15 is 0 Å². The number of carbonyl (C=O) groups excluding carboxylic acids is 1. The Bertz CT molecular complexity index is 1060. The van der Waals surface area contributed by atoms with Gasteiger partial charge in [0.15, 0.2) is 11.5 Å². The van der Waals surface area contributed by atoms with Crippen molar-refractivity contribution in [1.82, 2.24) is 9.97 Å². The number of fused-ring (bicyclic) bond motifs is 1. The predicted octanol–water partition coefficient (Wildman–Crippen LogP) is 1.50. The SMILES string of the molecule is CC(=O)[O-].COc1cc(NCc2ccc3nc(N)nc(N)c3c2C)cc(OC)c1OC.